The molecule has 0 spiro atoms. The Morgan fingerprint density at radius 1 is 1.41 bits per heavy atom. The topological polar surface area (TPSA) is 54.0 Å². The quantitative estimate of drug-likeness (QED) is 0.796. The van der Waals surface area contributed by atoms with E-state index < -0.39 is 0 Å². The van der Waals surface area contributed by atoms with Crippen LogP contribution in [-0.2, 0) is 4.79 Å². The molecule has 0 radical (unpaired) electrons. The minimum absolute atomic E-state index is 0.0539. The highest BCUT2D eigenvalue weighted by atomic mass is 16.1. The normalized spacial score (nSPS) is 10.4. The third-order valence-electron chi connectivity index (χ3n) is 2.24. The van der Waals surface area contributed by atoms with Crippen molar-refractivity contribution in [2.45, 2.75) is 46.1 Å². The van der Waals surface area contributed by atoms with Crippen LogP contribution in [0.5, 0.6) is 0 Å². The molecule has 17 heavy (non-hydrogen) atoms. The summed E-state index contributed by atoms with van der Waals surface area (Å²) in [6, 6.07) is 4.09. The number of nitrogens with zero attached hydrogens (tertiary/aromatic N) is 1. The van der Waals surface area contributed by atoms with E-state index in [9.17, 15) is 4.79 Å². The minimum Gasteiger partial charge on any atom is -0.368 e. The third kappa shape index (κ3) is 5.33. The number of amides is 1. The zero-order valence-electron chi connectivity index (χ0n) is 10.8. The van der Waals surface area contributed by atoms with Crippen molar-refractivity contribution >= 4 is 17.4 Å². The van der Waals surface area contributed by atoms with Gasteiger partial charge in [-0.25, -0.2) is 4.98 Å². The standard InChI is InChI=1S/C13H21N3O/c1-4-5-6-13(17)16-11-7-8-12(14-9-11)15-10(2)3/h7-10H,4-6H2,1-3H3,(H,14,15)(H,16,17). The molecule has 0 saturated carbocycles. The molecule has 1 aromatic rings. The van der Waals surface area contributed by atoms with Gasteiger partial charge in [0.15, 0.2) is 0 Å². The van der Waals surface area contributed by atoms with Gasteiger partial charge >= 0.3 is 0 Å². The fourth-order valence-corrected chi connectivity index (χ4v) is 1.41. The molecular formula is C13H21N3O. The number of hydrogen-bond acceptors (Lipinski definition) is 3. The predicted molar refractivity (Wildman–Crippen MR) is 71.2 cm³/mol. The highest BCUT2D eigenvalue weighted by Crippen LogP contribution is 2.11. The number of pyridine rings is 1. The van der Waals surface area contributed by atoms with Crippen molar-refractivity contribution in [1.82, 2.24) is 4.98 Å². The molecule has 4 heteroatoms. The van der Waals surface area contributed by atoms with Gasteiger partial charge in [0.2, 0.25) is 5.91 Å². The Balaban J connectivity index is 2.47. The van der Waals surface area contributed by atoms with Crippen LogP contribution in [0.15, 0.2) is 18.3 Å². The summed E-state index contributed by atoms with van der Waals surface area (Å²) < 4.78 is 0. The van der Waals surface area contributed by atoms with Crippen molar-refractivity contribution in [2.24, 2.45) is 0 Å². The molecule has 1 heterocycles. The van der Waals surface area contributed by atoms with Crippen LogP contribution in [0.2, 0.25) is 0 Å². The second-order valence-corrected chi connectivity index (χ2v) is 4.38. The third-order valence-corrected chi connectivity index (χ3v) is 2.24. The molecule has 1 aromatic heterocycles. The first-order valence-corrected chi connectivity index (χ1v) is 6.14. The number of carbonyl (C=O) groups excluding carboxylic acids is 1. The lowest BCUT2D eigenvalue weighted by atomic mass is 10.2. The lowest BCUT2D eigenvalue weighted by molar-refractivity contribution is -0.116. The fourth-order valence-electron chi connectivity index (χ4n) is 1.41. The molecule has 94 valence electrons. The second-order valence-electron chi connectivity index (χ2n) is 4.38. The van der Waals surface area contributed by atoms with E-state index in [1.54, 1.807) is 6.20 Å². The van der Waals surface area contributed by atoms with Gasteiger partial charge in [-0.2, -0.15) is 0 Å². The van der Waals surface area contributed by atoms with E-state index in [2.05, 4.69) is 36.4 Å². The number of anilines is 2. The molecule has 0 aliphatic carbocycles. The number of nitrogens with one attached hydrogen (secondary N) is 2. The number of hydrogen-bond donors (Lipinski definition) is 2. The van der Waals surface area contributed by atoms with E-state index in [1.807, 2.05) is 12.1 Å². The summed E-state index contributed by atoms with van der Waals surface area (Å²) in [6.07, 6.45) is 4.20. The lowest BCUT2D eigenvalue weighted by Crippen LogP contribution is -2.13. The van der Waals surface area contributed by atoms with E-state index in [0.717, 1.165) is 24.3 Å². The molecule has 1 rings (SSSR count). The molecule has 0 aliphatic heterocycles. The van der Waals surface area contributed by atoms with Gasteiger partial charge in [0.25, 0.3) is 0 Å². The molecule has 2 N–H and O–H groups in total. The highest BCUT2D eigenvalue weighted by Gasteiger charge is 2.02. The molecule has 0 atom stereocenters. The molecule has 0 unspecified atom stereocenters. The van der Waals surface area contributed by atoms with Crippen LogP contribution < -0.4 is 10.6 Å². The van der Waals surface area contributed by atoms with Crippen molar-refractivity contribution in [3.05, 3.63) is 18.3 Å². The molecule has 0 fully saturated rings. The highest BCUT2D eigenvalue weighted by molar-refractivity contribution is 5.90. The molecule has 4 nitrogen and oxygen atoms in total. The van der Waals surface area contributed by atoms with Crippen LogP contribution in [-0.4, -0.2) is 16.9 Å². The molecule has 0 saturated heterocycles. The van der Waals surface area contributed by atoms with Gasteiger partial charge in [0, 0.05) is 12.5 Å². The Morgan fingerprint density at radius 3 is 2.71 bits per heavy atom. The van der Waals surface area contributed by atoms with Crippen LogP contribution in [0.4, 0.5) is 11.5 Å². The van der Waals surface area contributed by atoms with Crippen molar-refractivity contribution in [3.8, 4) is 0 Å². The van der Waals surface area contributed by atoms with Gasteiger partial charge in [-0.1, -0.05) is 13.3 Å². The molecule has 0 aliphatic rings. The van der Waals surface area contributed by atoms with Crippen molar-refractivity contribution < 1.29 is 4.79 Å². The maximum Gasteiger partial charge on any atom is 0.224 e. The summed E-state index contributed by atoms with van der Waals surface area (Å²) in [4.78, 5) is 15.7. The SMILES string of the molecule is CCCCC(=O)Nc1ccc(NC(C)C)nc1. The van der Waals surface area contributed by atoms with Gasteiger partial charge in [-0.05, 0) is 32.4 Å². The van der Waals surface area contributed by atoms with E-state index in [-0.39, 0.29) is 5.91 Å². The smallest absolute Gasteiger partial charge is 0.224 e. The number of rotatable bonds is 6. The minimum atomic E-state index is 0.0539. The predicted octanol–water partition coefficient (Wildman–Crippen LogP) is 3.03. The number of carbonyl (C=O) groups is 1. The summed E-state index contributed by atoms with van der Waals surface area (Å²) in [7, 11) is 0. The lowest BCUT2D eigenvalue weighted by Gasteiger charge is -2.09. The van der Waals surface area contributed by atoms with Crippen molar-refractivity contribution in [1.29, 1.82) is 0 Å². The van der Waals surface area contributed by atoms with Crippen LogP contribution >= 0.6 is 0 Å². The van der Waals surface area contributed by atoms with Crippen molar-refractivity contribution in [3.63, 3.8) is 0 Å². The first-order chi connectivity index (χ1) is 8.11. The van der Waals surface area contributed by atoms with E-state index in [1.165, 1.54) is 0 Å². The number of aromatic nitrogens is 1. The maximum absolute atomic E-state index is 11.5. The Labute approximate surface area is 103 Å². The first kappa shape index (κ1) is 13.5. The molecule has 0 aromatic carbocycles. The van der Waals surface area contributed by atoms with Crippen molar-refractivity contribution in [2.75, 3.05) is 10.6 Å². The largest absolute Gasteiger partial charge is 0.368 e. The van der Waals surface area contributed by atoms with Gasteiger partial charge in [-0.15, -0.1) is 0 Å². The van der Waals surface area contributed by atoms with Crippen LogP contribution in [0.1, 0.15) is 40.0 Å². The van der Waals surface area contributed by atoms with E-state index >= 15 is 0 Å². The van der Waals surface area contributed by atoms with Crippen LogP contribution in [0.25, 0.3) is 0 Å². The summed E-state index contributed by atoms with van der Waals surface area (Å²) in [5.74, 6) is 0.879. The first-order valence-electron chi connectivity index (χ1n) is 6.14. The molecular weight excluding hydrogens is 214 g/mol. The van der Waals surface area contributed by atoms with Crippen LogP contribution in [0.3, 0.4) is 0 Å². The zero-order valence-corrected chi connectivity index (χ0v) is 10.8. The summed E-state index contributed by atoms with van der Waals surface area (Å²) in [5, 5.41) is 6.02. The maximum atomic E-state index is 11.5. The Bertz CT molecular complexity index is 346. The van der Waals surface area contributed by atoms with Gasteiger partial charge in [-0.3, -0.25) is 4.79 Å². The van der Waals surface area contributed by atoms with Gasteiger partial charge in [0.1, 0.15) is 5.82 Å². The Morgan fingerprint density at radius 2 is 2.18 bits per heavy atom. The summed E-state index contributed by atoms with van der Waals surface area (Å²) in [5.41, 5.74) is 0.750. The number of unbranched alkanes of at least 4 members (excludes halogenated alkanes) is 1. The van der Waals surface area contributed by atoms with E-state index in [0.29, 0.717) is 12.5 Å². The fraction of sp³-hybridized carbons (Fsp3) is 0.538. The van der Waals surface area contributed by atoms with Gasteiger partial charge in [0.05, 0.1) is 11.9 Å². The average molecular weight is 235 g/mol. The zero-order chi connectivity index (χ0) is 12.7. The van der Waals surface area contributed by atoms with E-state index in [4.69, 9.17) is 0 Å². The summed E-state index contributed by atoms with van der Waals surface area (Å²) in [6.45, 7) is 6.19. The Hall–Kier alpha value is -1.58. The van der Waals surface area contributed by atoms with Gasteiger partial charge < -0.3 is 10.6 Å². The summed E-state index contributed by atoms with van der Waals surface area (Å²) >= 11 is 0. The second kappa shape index (κ2) is 6.89. The Kier molecular flexibility index (Phi) is 5.46. The van der Waals surface area contributed by atoms with Crippen LogP contribution in [0, 0.1) is 0 Å². The molecule has 0 bridgehead atoms. The molecule has 1 amide bonds. The average Bonchev–Trinajstić information content (AvgIpc) is 2.28. The monoisotopic (exact) mass is 235 g/mol.